The molecule has 3 rings (SSSR count). The van der Waals surface area contributed by atoms with Crippen LogP contribution >= 0.6 is 0 Å². The summed E-state index contributed by atoms with van der Waals surface area (Å²) in [5.41, 5.74) is -0.757. The summed E-state index contributed by atoms with van der Waals surface area (Å²) in [6.07, 6.45) is -3.17. The highest BCUT2D eigenvalue weighted by Crippen LogP contribution is 2.35. The molecule has 0 saturated heterocycles. The molecule has 2 aromatic heterocycles. The van der Waals surface area contributed by atoms with Gasteiger partial charge in [0.15, 0.2) is 0 Å². The van der Waals surface area contributed by atoms with Crippen molar-refractivity contribution in [1.29, 1.82) is 5.26 Å². The van der Waals surface area contributed by atoms with Crippen LogP contribution in [0.3, 0.4) is 0 Å². The Labute approximate surface area is 127 Å². The number of nitrogens with zero attached hydrogens (tertiary/aromatic N) is 4. The van der Waals surface area contributed by atoms with Crippen LogP contribution in [0.5, 0.6) is 0 Å². The second-order valence-corrected chi connectivity index (χ2v) is 4.86. The van der Waals surface area contributed by atoms with Gasteiger partial charge in [-0.25, -0.2) is 14.4 Å². The molecule has 0 aliphatic carbocycles. The topological polar surface area (TPSA) is 54.5 Å². The van der Waals surface area contributed by atoms with Gasteiger partial charge >= 0.3 is 6.18 Å². The fraction of sp³-hybridized carbons (Fsp3) is 0.133. The predicted octanol–water partition coefficient (Wildman–Crippen LogP) is 3.66. The molecule has 4 nitrogen and oxygen atoms in total. The van der Waals surface area contributed by atoms with Crippen LogP contribution in [0.4, 0.5) is 17.6 Å². The van der Waals surface area contributed by atoms with E-state index in [0.717, 1.165) is 6.07 Å². The Morgan fingerprint density at radius 2 is 1.91 bits per heavy atom. The molecule has 0 fully saturated rings. The van der Waals surface area contributed by atoms with E-state index in [1.54, 1.807) is 29.9 Å². The van der Waals surface area contributed by atoms with Gasteiger partial charge in [-0.2, -0.15) is 18.4 Å². The van der Waals surface area contributed by atoms with E-state index in [4.69, 9.17) is 5.26 Å². The molecule has 0 aliphatic rings. The second kappa shape index (κ2) is 5.05. The fourth-order valence-corrected chi connectivity index (χ4v) is 2.30. The molecule has 0 N–H and O–H groups in total. The van der Waals surface area contributed by atoms with Gasteiger partial charge < -0.3 is 4.57 Å². The Morgan fingerprint density at radius 1 is 1.17 bits per heavy atom. The molecule has 0 spiro atoms. The highest BCUT2D eigenvalue weighted by molar-refractivity contribution is 5.91. The van der Waals surface area contributed by atoms with Crippen LogP contribution in [0.1, 0.15) is 11.4 Å². The van der Waals surface area contributed by atoms with Gasteiger partial charge in [-0.15, -0.1) is 0 Å². The Morgan fingerprint density at radius 3 is 2.57 bits per heavy atom. The molecule has 0 atom stereocenters. The Balaban J connectivity index is 2.31. The molecule has 0 aliphatic heterocycles. The third kappa shape index (κ3) is 2.50. The first-order chi connectivity index (χ1) is 10.8. The van der Waals surface area contributed by atoms with Gasteiger partial charge in [-0.3, -0.25) is 0 Å². The van der Waals surface area contributed by atoms with Gasteiger partial charge in [-0.1, -0.05) is 0 Å². The van der Waals surface area contributed by atoms with Crippen LogP contribution in [0.25, 0.3) is 22.3 Å². The highest BCUT2D eigenvalue weighted by atomic mass is 19.4. The standard InChI is InChI=1S/C15H8F4N4/c1-23-5-4-9-13(21-12(7-20)22-14(9)23)8-2-3-11(16)10(6-8)15(17,18)19/h2-6H,1H3. The lowest BCUT2D eigenvalue weighted by atomic mass is 10.0. The number of halogens is 4. The Hall–Kier alpha value is -2.95. The Kier molecular flexibility index (Phi) is 3.29. The third-order valence-corrected chi connectivity index (χ3v) is 3.37. The van der Waals surface area contributed by atoms with E-state index in [0.29, 0.717) is 17.1 Å². The van der Waals surface area contributed by atoms with Crippen LogP contribution in [0.15, 0.2) is 30.5 Å². The molecule has 116 valence electrons. The summed E-state index contributed by atoms with van der Waals surface area (Å²) in [6, 6.07) is 6.02. The molecule has 2 heterocycles. The first kappa shape index (κ1) is 15.0. The van der Waals surface area contributed by atoms with E-state index in [1.165, 1.54) is 6.07 Å². The first-order valence-electron chi connectivity index (χ1n) is 6.41. The van der Waals surface area contributed by atoms with E-state index in [2.05, 4.69) is 9.97 Å². The molecule has 3 aromatic rings. The summed E-state index contributed by atoms with van der Waals surface area (Å²) >= 11 is 0. The molecule has 8 heteroatoms. The van der Waals surface area contributed by atoms with Gasteiger partial charge in [0.2, 0.25) is 5.82 Å². The molecule has 1 aromatic carbocycles. The minimum atomic E-state index is -4.82. The monoisotopic (exact) mass is 320 g/mol. The second-order valence-electron chi connectivity index (χ2n) is 4.86. The maximum Gasteiger partial charge on any atom is 0.419 e. The summed E-state index contributed by atoms with van der Waals surface area (Å²) in [5.74, 6) is -1.53. The van der Waals surface area contributed by atoms with Crippen molar-refractivity contribution in [1.82, 2.24) is 14.5 Å². The summed E-state index contributed by atoms with van der Waals surface area (Å²) < 4.78 is 53.7. The number of fused-ring (bicyclic) bond motifs is 1. The van der Waals surface area contributed by atoms with E-state index in [-0.39, 0.29) is 17.1 Å². The largest absolute Gasteiger partial charge is 0.419 e. The van der Waals surface area contributed by atoms with Crippen molar-refractivity contribution in [3.63, 3.8) is 0 Å². The van der Waals surface area contributed by atoms with Crippen molar-refractivity contribution in [2.45, 2.75) is 6.18 Å². The summed E-state index contributed by atoms with van der Waals surface area (Å²) in [4.78, 5) is 8.00. The van der Waals surface area contributed by atoms with Crippen molar-refractivity contribution < 1.29 is 17.6 Å². The number of hydrogen-bond donors (Lipinski definition) is 0. The highest BCUT2D eigenvalue weighted by Gasteiger charge is 2.34. The first-order valence-corrected chi connectivity index (χ1v) is 6.41. The fourth-order valence-electron chi connectivity index (χ4n) is 2.30. The summed E-state index contributed by atoms with van der Waals surface area (Å²) in [5, 5.41) is 9.48. The molecule has 23 heavy (non-hydrogen) atoms. The maximum absolute atomic E-state index is 13.4. The maximum atomic E-state index is 13.4. The number of aromatic nitrogens is 3. The number of aryl methyl sites for hydroxylation is 1. The van der Waals surface area contributed by atoms with E-state index in [9.17, 15) is 17.6 Å². The predicted molar refractivity (Wildman–Crippen MR) is 73.6 cm³/mol. The average molecular weight is 320 g/mol. The van der Waals surface area contributed by atoms with Crippen LogP contribution in [0, 0.1) is 17.1 Å². The SMILES string of the molecule is Cn1ccc2c(-c3ccc(F)c(C(F)(F)F)c3)nc(C#N)nc21. The zero-order chi connectivity index (χ0) is 16.8. The minimum absolute atomic E-state index is 0.0637. The van der Waals surface area contributed by atoms with Crippen molar-refractivity contribution in [2.75, 3.05) is 0 Å². The van der Waals surface area contributed by atoms with Crippen molar-refractivity contribution in [3.8, 4) is 17.3 Å². The normalized spacial score (nSPS) is 11.7. The van der Waals surface area contributed by atoms with Crippen molar-refractivity contribution >= 4 is 11.0 Å². The lowest BCUT2D eigenvalue weighted by Gasteiger charge is -2.10. The van der Waals surface area contributed by atoms with Crippen LogP contribution in [0.2, 0.25) is 0 Å². The van der Waals surface area contributed by atoms with E-state index < -0.39 is 17.6 Å². The van der Waals surface area contributed by atoms with Crippen molar-refractivity contribution in [3.05, 3.63) is 47.7 Å². The lowest BCUT2D eigenvalue weighted by Crippen LogP contribution is -2.08. The summed E-state index contributed by atoms with van der Waals surface area (Å²) in [6.45, 7) is 0. The minimum Gasteiger partial charge on any atom is -0.335 e. The molecule has 0 amide bonds. The van der Waals surface area contributed by atoms with Gasteiger partial charge in [0.25, 0.3) is 0 Å². The molecule has 0 bridgehead atoms. The van der Waals surface area contributed by atoms with Crippen LogP contribution in [-0.4, -0.2) is 14.5 Å². The molecular formula is C15H8F4N4. The van der Waals surface area contributed by atoms with Gasteiger partial charge in [0.1, 0.15) is 17.5 Å². The number of nitriles is 1. The third-order valence-electron chi connectivity index (χ3n) is 3.37. The zero-order valence-corrected chi connectivity index (χ0v) is 11.7. The van der Waals surface area contributed by atoms with Gasteiger partial charge in [0.05, 0.1) is 11.3 Å². The molecular weight excluding hydrogens is 312 g/mol. The van der Waals surface area contributed by atoms with Crippen molar-refractivity contribution in [2.24, 2.45) is 7.05 Å². The number of rotatable bonds is 1. The van der Waals surface area contributed by atoms with Crippen LogP contribution < -0.4 is 0 Å². The summed E-state index contributed by atoms with van der Waals surface area (Å²) in [7, 11) is 1.69. The number of benzene rings is 1. The number of alkyl halides is 3. The average Bonchev–Trinajstić information content (AvgIpc) is 2.87. The molecule has 0 saturated carbocycles. The number of hydrogen-bond acceptors (Lipinski definition) is 3. The molecule has 0 radical (unpaired) electrons. The smallest absolute Gasteiger partial charge is 0.335 e. The van der Waals surface area contributed by atoms with Crippen LogP contribution in [-0.2, 0) is 13.2 Å². The van der Waals surface area contributed by atoms with E-state index >= 15 is 0 Å². The van der Waals surface area contributed by atoms with E-state index in [1.807, 2.05) is 0 Å². The lowest BCUT2D eigenvalue weighted by molar-refractivity contribution is -0.139. The van der Waals surface area contributed by atoms with Gasteiger partial charge in [-0.05, 0) is 24.3 Å². The van der Waals surface area contributed by atoms with Gasteiger partial charge in [0, 0.05) is 24.2 Å². The molecule has 0 unspecified atom stereocenters. The quantitative estimate of drug-likeness (QED) is 0.643. The Bertz CT molecular complexity index is 950. The zero-order valence-electron chi connectivity index (χ0n) is 11.7.